The van der Waals surface area contributed by atoms with E-state index in [-0.39, 0.29) is 29.8 Å². The lowest BCUT2D eigenvalue weighted by Gasteiger charge is -2.08. The summed E-state index contributed by atoms with van der Waals surface area (Å²) in [6.07, 6.45) is 3.93. The average molecular weight is 522 g/mol. The number of fused-ring (bicyclic) bond motifs is 1. The fourth-order valence-electron chi connectivity index (χ4n) is 4.44. The number of hydrogen-bond acceptors (Lipinski definition) is 4. The molecule has 10 heteroatoms. The molecule has 38 heavy (non-hydrogen) atoms. The molecule has 0 bridgehead atoms. The molecule has 3 amide bonds. The Kier molecular flexibility index (Phi) is 7.90. The number of carbonyl (C=O) groups excluding carboxylic acids is 3. The van der Waals surface area contributed by atoms with Gasteiger partial charge in [0.15, 0.2) is 0 Å². The second-order valence-electron chi connectivity index (χ2n) is 9.21. The van der Waals surface area contributed by atoms with Crippen LogP contribution in [-0.4, -0.2) is 29.3 Å². The van der Waals surface area contributed by atoms with Gasteiger partial charge in [0.25, 0.3) is 11.8 Å². The Labute approximate surface area is 218 Å². The van der Waals surface area contributed by atoms with E-state index in [4.69, 9.17) is 5.73 Å². The minimum Gasteiger partial charge on any atom is -0.397 e. The first-order valence-electron chi connectivity index (χ1n) is 12.3. The summed E-state index contributed by atoms with van der Waals surface area (Å²) in [6, 6.07) is 7.91. The zero-order chi connectivity index (χ0) is 27.4. The van der Waals surface area contributed by atoms with Crippen LogP contribution in [0.5, 0.6) is 0 Å². The summed E-state index contributed by atoms with van der Waals surface area (Å²) in [7, 11) is 0. The van der Waals surface area contributed by atoms with Crippen LogP contribution < -0.4 is 21.7 Å². The maximum absolute atomic E-state index is 13.7. The van der Waals surface area contributed by atoms with Crippen LogP contribution in [0.4, 0.5) is 25.8 Å². The van der Waals surface area contributed by atoms with Gasteiger partial charge in [-0.2, -0.15) is 0 Å². The smallest absolute Gasteiger partial charge is 0.256 e. The molecule has 2 heterocycles. The van der Waals surface area contributed by atoms with Crippen molar-refractivity contribution in [3.8, 4) is 0 Å². The summed E-state index contributed by atoms with van der Waals surface area (Å²) < 4.78 is 26.9. The van der Waals surface area contributed by atoms with E-state index in [1.807, 2.05) is 0 Å². The Morgan fingerprint density at radius 3 is 2.53 bits per heavy atom. The highest BCUT2D eigenvalue weighted by Gasteiger charge is 2.26. The van der Waals surface area contributed by atoms with Gasteiger partial charge >= 0.3 is 0 Å². The van der Waals surface area contributed by atoms with E-state index in [9.17, 15) is 23.2 Å². The third-order valence-corrected chi connectivity index (χ3v) is 6.41. The van der Waals surface area contributed by atoms with Crippen LogP contribution >= 0.6 is 0 Å². The number of rotatable bonds is 9. The minimum absolute atomic E-state index is 0.168. The van der Waals surface area contributed by atoms with E-state index in [2.05, 4.69) is 20.9 Å². The summed E-state index contributed by atoms with van der Waals surface area (Å²) in [5.41, 5.74) is 10.0. The van der Waals surface area contributed by atoms with Crippen molar-refractivity contribution in [1.82, 2.24) is 10.3 Å². The van der Waals surface area contributed by atoms with Crippen LogP contribution in [0.1, 0.15) is 58.6 Å². The minimum atomic E-state index is -0.468. The number of unbranched alkanes of at least 4 members (excludes halogenated alkanes) is 2. The maximum Gasteiger partial charge on any atom is 0.256 e. The standard InChI is InChI=1S/C28H29F2N5O3/c1-15-24(14-20-19-12-17(29)7-9-22(19)35-27(20)37)33-16(2)26(15)28(38)32-11-5-3-4-6-25(36)34-23-10-8-18(30)13-21(23)31/h7-10,12-14,33H,3-6,11,31H2,1-2H3,(H,32,38)(H,34,36)(H,35,37)/b20-14-. The highest BCUT2D eigenvalue weighted by Crippen LogP contribution is 2.34. The van der Waals surface area contributed by atoms with Crippen LogP contribution in [0, 0.1) is 25.5 Å². The number of aromatic nitrogens is 1. The number of amides is 3. The second kappa shape index (κ2) is 11.3. The van der Waals surface area contributed by atoms with Gasteiger partial charge in [0.2, 0.25) is 5.91 Å². The van der Waals surface area contributed by atoms with Crippen molar-refractivity contribution >= 4 is 46.4 Å². The molecule has 0 atom stereocenters. The zero-order valence-electron chi connectivity index (χ0n) is 21.1. The van der Waals surface area contributed by atoms with Crippen LogP contribution in [0.3, 0.4) is 0 Å². The number of nitrogens with one attached hydrogen (secondary N) is 4. The van der Waals surface area contributed by atoms with Crippen molar-refractivity contribution in [1.29, 1.82) is 0 Å². The fraction of sp³-hybridized carbons (Fsp3) is 0.250. The molecular weight excluding hydrogens is 492 g/mol. The van der Waals surface area contributed by atoms with E-state index in [0.29, 0.717) is 64.4 Å². The van der Waals surface area contributed by atoms with Gasteiger partial charge in [-0.15, -0.1) is 0 Å². The summed E-state index contributed by atoms with van der Waals surface area (Å²) in [5.74, 6) is -1.70. The lowest BCUT2D eigenvalue weighted by molar-refractivity contribution is -0.116. The molecule has 0 radical (unpaired) electrons. The number of benzene rings is 2. The Morgan fingerprint density at radius 2 is 1.76 bits per heavy atom. The largest absolute Gasteiger partial charge is 0.397 e. The molecule has 1 aliphatic heterocycles. The van der Waals surface area contributed by atoms with Crippen LogP contribution in [0.25, 0.3) is 11.6 Å². The first-order valence-corrected chi connectivity index (χ1v) is 12.3. The van der Waals surface area contributed by atoms with Gasteiger partial charge in [0.05, 0.1) is 22.5 Å². The van der Waals surface area contributed by atoms with Crippen LogP contribution in [0.2, 0.25) is 0 Å². The molecule has 0 spiro atoms. The van der Waals surface area contributed by atoms with Crippen molar-refractivity contribution in [3.05, 3.63) is 76.1 Å². The van der Waals surface area contributed by atoms with E-state index >= 15 is 0 Å². The Balaban J connectivity index is 1.28. The van der Waals surface area contributed by atoms with Crippen LogP contribution in [-0.2, 0) is 9.59 Å². The van der Waals surface area contributed by atoms with Crippen molar-refractivity contribution in [2.45, 2.75) is 39.5 Å². The first kappa shape index (κ1) is 26.6. The third-order valence-electron chi connectivity index (χ3n) is 6.41. The number of aromatic amines is 1. The quantitative estimate of drug-likeness (QED) is 0.156. The second-order valence-corrected chi connectivity index (χ2v) is 9.21. The van der Waals surface area contributed by atoms with E-state index < -0.39 is 11.6 Å². The first-order chi connectivity index (χ1) is 18.1. The lowest BCUT2D eigenvalue weighted by Crippen LogP contribution is -2.25. The number of hydrogen-bond donors (Lipinski definition) is 5. The molecule has 0 unspecified atom stereocenters. The summed E-state index contributed by atoms with van der Waals surface area (Å²) in [4.78, 5) is 40.5. The number of halogens is 2. The van der Waals surface area contributed by atoms with Gasteiger partial charge in [0, 0.05) is 35.6 Å². The SMILES string of the molecule is Cc1[nH]c(/C=C2\C(=O)Nc3ccc(F)cc32)c(C)c1C(=O)NCCCCCC(=O)Nc1ccc(F)cc1N. The molecule has 3 aromatic rings. The molecule has 1 aromatic heterocycles. The molecule has 0 aliphatic carbocycles. The summed E-state index contributed by atoms with van der Waals surface area (Å²) in [6.45, 7) is 4.00. The molecule has 1 aliphatic rings. The molecule has 198 valence electrons. The number of carbonyl (C=O) groups is 3. The highest BCUT2D eigenvalue weighted by molar-refractivity contribution is 6.34. The third kappa shape index (κ3) is 5.91. The number of H-pyrrole nitrogens is 1. The summed E-state index contributed by atoms with van der Waals surface area (Å²) >= 11 is 0. The predicted molar refractivity (Wildman–Crippen MR) is 143 cm³/mol. The molecule has 4 rings (SSSR count). The number of nitrogens with two attached hydrogens (primary N) is 1. The molecule has 6 N–H and O–H groups in total. The molecular formula is C28H29F2N5O3. The van der Waals surface area contributed by atoms with Gasteiger partial charge in [-0.3, -0.25) is 14.4 Å². The normalized spacial score (nSPS) is 13.4. The van der Waals surface area contributed by atoms with E-state index in [0.717, 1.165) is 12.5 Å². The molecule has 0 saturated carbocycles. The Morgan fingerprint density at radius 1 is 1.03 bits per heavy atom. The monoisotopic (exact) mass is 521 g/mol. The van der Waals surface area contributed by atoms with E-state index in [1.165, 1.54) is 30.3 Å². The number of aryl methyl sites for hydroxylation is 1. The number of nitrogen functional groups attached to an aromatic ring is 1. The maximum atomic E-state index is 13.7. The number of anilines is 3. The fourth-order valence-corrected chi connectivity index (χ4v) is 4.44. The van der Waals surface area contributed by atoms with Gasteiger partial charge < -0.3 is 26.7 Å². The average Bonchev–Trinajstić information content (AvgIpc) is 3.32. The lowest BCUT2D eigenvalue weighted by atomic mass is 10.0. The van der Waals surface area contributed by atoms with Crippen LogP contribution in [0.15, 0.2) is 36.4 Å². The molecule has 0 saturated heterocycles. The van der Waals surface area contributed by atoms with E-state index in [1.54, 1.807) is 19.9 Å². The van der Waals surface area contributed by atoms with Gasteiger partial charge in [0.1, 0.15) is 11.6 Å². The van der Waals surface area contributed by atoms with Gasteiger partial charge in [-0.05, 0) is 74.7 Å². The highest BCUT2D eigenvalue weighted by atomic mass is 19.1. The zero-order valence-corrected chi connectivity index (χ0v) is 21.1. The predicted octanol–water partition coefficient (Wildman–Crippen LogP) is 4.91. The molecule has 2 aromatic carbocycles. The summed E-state index contributed by atoms with van der Waals surface area (Å²) in [5, 5.41) is 8.28. The van der Waals surface area contributed by atoms with Crippen molar-refractivity contribution in [2.75, 3.05) is 22.9 Å². The van der Waals surface area contributed by atoms with Crippen molar-refractivity contribution in [3.63, 3.8) is 0 Å². The van der Waals surface area contributed by atoms with Crippen molar-refractivity contribution in [2.24, 2.45) is 0 Å². The Hall–Kier alpha value is -4.47. The van der Waals surface area contributed by atoms with Crippen molar-refractivity contribution < 1.29 is 23.2 Å². The Bertz CT molecular complexity index is 1440. The van der Waals surface area contributed by atoms with Gasteiger partial charge in [-0.1, -0.05) is 6.42 Å². The molecule has 8 nitrogen and oxygen atoms in total. The van der Waals surface area contributed by atoms with Gasteiger partial charge in [-0.25, -0.2) is 8.78 Å². The topological polar surface area (TPSA) is 129 Å². The molecule has 0 fully saturated rings.